The van der Waals surface area contributed by atoms with Crippen LogP contribution in [0.1, 0.15) is 68.4 Å². The predicted octanol–water partition coefficient (Wildman–Crippen LogP) is 5.58. The molecule has 1 amide bonds. The maximum absolute atomic E-state index is 13.4. The topological polar surface area (TPSA) is 90.3 Å². The minimum absolute atomic E-state index is 0.0184. The summed E-state index contributed by atoms with van der Waals surface area (Å²) in [5.74, 6) is 1.50. The van der Waals surface area contributed by atoms with Gasteiger partial charge in [-0.2, -0.15) is 0 Å². The van der Waals surface area contributed by atoms with Gasteiger partial charge in [0.05, 0.1) is 5.52 Å². The number of ether oxygens (including phenoxy) is 3. The number of rotatable bonds is 8. The second kappa shape index (κ2) is 12.8. The number of likely N-dealkylation sites (tertiary alicyclic amines) is 1. The van der Waals surface area contributed by atoms with Crippen LogP contribution in [-0.4, -0.2) is 70.7 Å². The molecule has 3 aromatic rings. The molecule has 9 heteroatoms. The van der Waals surface area contributed by atoms with Crippen molar-refractivity contribution in [3.05, 3.63) is 69.5 Å². The lowest BCUT2D eigenvalue weighted by atomic mass is 10.00. The van der Waals surface area contributed by atoms with Crippen molar-refractivity contribution in [2.24, 2.45) is 0 Å². The van der Waals surface area contributed by atoms with E-state index in [0.29, 0.717) is 50.6 Å². The third-order valence-electron chi connectivity index (χ3n) is 8.10. The van der Waals surface area contributed by atoms with Crippen molar-refractivity contribution in [3.8, 4) is 11.5 Å². The number of ketones is 1. The van der Waals surface area contributed by atoms with Crippen molar-refractivity contribution in [2.75, 3.05) is 32.8 Å². The standard InChI is InChI=1S/C34H43N3O6/c1-6-29(38)27-19-23(2)20-28-26(27)8-10-32(39)36(28)16-15-35-13-11-25(12-14-35)37(33(40)43-34(3,4)5)22-24-7-9-30-31(21-24)42-18-17-41-30/h7-10,19-21,25H,6,11-18,22H2,1-5H3. The Morgan fingerprint density at radius 2 is 1.70 bits per heavy atom. The summed E-state index contributed by atoms with van der Waals surface area (Å²) in [5.41, 5.74) is 2.73. The second-order valence-corrected chi connectivity index (χ2v) is 12.5. The Balaban J connectivity index is 1.28. The van der Waals surface area contributed by atoms with E-state index in [-0.39, 0.29) is 23.5 Å². The molecule has 0 bridgehead atoms. The number of hydrogen-bond acceptors (Lipinski definition) is 7. The Bertz CT molecular complexity index is 1550. The first-order valence-electron chi connectivity index (χ1n) is 15.3. The number of aromatic nitrogens is 1. The summed E-state index contributed by atoms with van der Waals surface area (Å²) in [7, 11) is 0. The molecule has 0 atom stereocenters. The van der Waals surface area contributed by atoms with Gasteiger partial charge in [0.2, 0.25) is 0 Å². The van der Waals surface area contributed by atoms with Crippen molar-refractivity contribution in [1.29, 1.82) is 0 Å². The lowest BCUT2D eigenvalue weighted by Gasteiger charge is -2.39. The highest BCUT2D eigenvalue weighted by Gasteiger charge is 2.31. The van der Waals surface area contributed by atoms with Gasteiger partial charge in [-0.05, 0) is 82.0 Å². The molecule has 3 heterocycles. The van der Waals surface area contributed by atoms with Crippen molar-refractivity contribution >= 4 is 22.8 Å². The van der Waals surface area contributed by atoms with Crippen LogP contribution >= 0.6 is 0 Å². The zero-order valence-electron chi connectivity index (χ0n) is 26.0. The second-order valence-electron chi connectivity index (χ2n) is 12.5. The summed E-state index contributed by atoms with van der Waals surface area (Å²) in [6.07, 6.45) is 1.68. The van der Waals surface area contributed by atoms with E-state index in [1.165, 1.54) is 0 Å². The fourth-order valence-electron chi connectivity index (χ4n) is 5.93. The van der Waals surface area contributed by atoms with Gasteiger partial charge in [0, 0.05) is 62.2 Å². The lowest BCUT2D eigenvalue weighted by molar-refractivity contribution is 0.00562. The Morgan fingerprint density at radius 1 is 0.977 bits per heavy atom. The van der Waals surface area contributed by atoms with Crippen LogP contribution in [0.3, 0.4) is 0 Å². The van der Waals surface area contributed by atoms with Gasteiger partial charge in [-0.3, -0.25) is 9.59 Å². The van der Waals surface area contributed by atoms with Gasteiger partial charge in [0.1, 0.15) is 18.8 Å². The van der Waals surface area contributed by atoms with Gasteiger partial charge in [-0.15, -0.1) is 0 Å². The number of aryl methyl sites for hydroxylation is 1. The highest BCUT2D eigenvalue weighted by Crippen LogP contribution is 2.32. The summed E-state index contributed by atoms with van der Waals surface area (Å²) in [6.45, 7) is 13.7. The normalized spacial score (nSPS) is 15.8. The van der Waals surface area contributed by atoms with Gasteiger partial charge in [0.25, 0.3) is 5.56 Å². The number of carbonyl (C=O) groups excluding carboxylic acids is 2. The molecule has 230 valence electrons. The molecular weight excluding hydrogens is 546 g/mol. The average molecular weight is 590 g/mol. The largest absolute Gasteiger partial charge is 0.486 e. The van der Waals surface area contributed by atoms with Crippen molar-refractivity contribution in [3.63, 3.8) is 0 Å². The number of piperidine rings is 1. The van der Waals surface area contributed by atoms with Gasteiger partial charge in [-0.1, -0.05) is 13.0 Å². The van der Waals surface area contributed by atoms with E-state index in [1.807, 2.05) is 69.9 Å². The number of nitrogens with zero attached hydrogens (tertiary/aromatic N) is 3. The molecule has 1 saturated heterocycles. The van der Waals surface area contributed by atoms with Gasteiger partial charge in [-0.25, -0.2) is 4.79 Å². The zero-order chi connectivity index (χ0) is 30.7. The van der Waals surface area contributed by atoms with Crippen LogP contribution in [0.5, 0.6) is 11.5 Å². The molecule has 5 rings (SSSR count). The fraction of sp³-hybridized carbons (Fsp3) is 0.500. The number of fused-ring (bicyclic) bond motifs is 2. The van der Waals surface area contributed by atoms with E-state index in [4.69, 9.17) is 14.2 Å². The smallest absolute Gasteiger partial charge is 0.410 e. The maximum atomic E-state index is 13.4. The summed E-state index contributed by atoms with van der Waals surface area (Å²) in [4.78, 5) is 43.2. The minimum atomic E-state index is -0.603. The van der Waals surface area contributed by atoms with Crippen molar-refractivity contribution in [2.45, 2.75) is 78.6 Å². The predicted molar refractivity (Wildman–Crippen MR) is 166 cm³/mol. The van der Waals surface area contributed by atoms with Gasteiger partial charge < -0.3 is 28.6 Å². The SMILES string of the molecule is CCC(=O)c1cc(C)cc2c1ccc(=O)n2CCN1CCC(N(Cc2ccc3c(c2)OCCO3)C(=O)OC(C)(C)C)CC1. The molecule has 9 nitrogen and oxygen atoms in total. The molecular formula is C34H43N3O6. The van der Waals surface area contributed by atoms with Crippen LogP contribution in [0.2, 0.25) is 0 Å². The quantitative estimate of drug-likeness (QED) is 0.317. The minimum Gasteiger partial charge on any atom is -0.486 e. The van der Waals surface area contributed by atoms with Gasteiger partial charge in [0.15, 0.2) is 17.3 Å². The lowest BCUT2D eigenvalue weighted by Crippen LogP contribution is -2.49. The van der Waals surface area contributed by atoms with E-state index in [0.717, 1.165) is 53.7 Å². The fourth-order valence-corrected chi connectivity index (χ4v) is 5.93. The van der Waals surface area contributed by atoms with E-state index in [1.54, 1.807) is 16.7 Å². The molecule has 0 unspecified atom stereocenters. The Labute approximate surface area is 253 Å². The van der Waals surface area contributed by atoms with Crippen LogP contribution < -0.4 is 15.0 Å². The van der Waals surface area contributed by atoms with Crippen LogP contribution in [0.15, 0.2) is 47.3 Å². The van der Waals surface area contributed by atoms with E-state index < -0.39 is 5.60 Å². The van der Waals surface area contributed by atoms with E-state index >= 15 is 0 Å². The number of benzene rings is 2. The molecule has 0 saturated carbocycles. The maximum Gasteiger partial charge on any atom is 0.410 e. The van der Waals surface area contributed by atoms with Crippen LogP contribution in [0, 0.1) is 6.92 Å². The van der Waals surface area contributed by atoms with E-state index in [9.17, 15) is 14.4 Å². The third-order valence-corrected chi connectivity index (χ3v) is 8.10. The molecule has 2 aliphatic heterocycles. The molecule has 0 radical (unpaired) electrons. The first kappa shape index (κ1) is 30.6. The van der Waals surface area contributed by atoms with E-state index in [2.05, 4.69) is 4.90 Å². The average Bonchev–Trinajstić information content (AvgIpc) is 2.98. The third kappa shape index (κ3) is 7.21. The van der Waals surface area contributed by atoms with Crippen LogP contribution in [0.25, 0.3) is 10.9 Å². The summed E-state index contributed by atoms with van der Waals surface area (Å²) in [5, 5.41) is 0.822. The molecule has 1 aromatic heterocycles. The molecule has 0 aliphatic carbocycles. The zero-order valence-corrected chi connectivity index (χ0v) is 26.0. The number of amides is 1. The molecule has 1 fully saturated rings. The Kier molecular flexibility index (Phi) is 9.11. The molecule has 0 N–H and O–H groups in total. The van der Waals surface area contributed by atoms with Crippen LogP contribution in [-0.2, 0) is 17.8 Å². The monoisotopic (exact) mass is 589 g/mol. The number of pyridine rings is 1. The molecule has 0 spiro atoms. The Hall–Kier alpha value is -3.85. The number of carbonyl (C=O) groups is 2. The molecule has 43 heavy (non-hydrogen) atoms. The van der Waals surface area contributed by atoms with Crippen LogP contribution in [0.4, 0.5) is 4.79 Å². The van der Waals surface area contributed by atoms with Crippen molar-refractivity contribution < 1.29 is 23.8 Å². The van der Waals surface area contributed by atoms with Crippen molar-refractivity contribution in [1.82, 2.24) is 14.4 Å². The molecule has 2 aliphatic rings. The summed E-state index contributed by atoms with van der Waals surface area (Å²) < 4.78 is 19.0. The Morgan fingerprint density at radius 3 is 2.40 bits per heavy atom. The number of hydrogen-bond donors (Lipinski definition) is 0. The first-order valence-corrected chi connectivity index (χ1v) is 15.3. The first-order chi connectivity index (χ1) is 20.5. The number of Topliss-reactive ketones (excluding diaryl/α,β-unsaturated/α-hetero) is 1. The summed E-state index contributed by atoms with van der Waals surface area (Å²) in [6, 6.07) is 13.1. The summed E-state index contributed by atoms with van der Waals surface area (Å²) >= 11 is 0. The van der Waals surface area contributed by atoms with Gasteiger partial charge >= 0.3 is 6.09 Å². The highest BCUT2D eigenvalue weighted by atomic mass is 16.6. The molecule has 2 aromatic carbocycles. The highest BCUT2D eigenvalue weighted by molar-refractivity contribution is 6.07.